The molecule has 0 aliphatic carbocycles. The first-order valence-corrected chi connectivity index (χ1v) is 14.4. The zero-order valence-corrected chi connectivity index (χ0v) is 24.1. The lowest BCUT2D eigenvalue weighted by molar-refractivity contribution is 0.0754. The fraction of sp³-hybridized carbons (Fsp3) is 0.242. The number of rotatable bonds is 7. The van der Waals surface area contributed by atoms with E-state index in [0.717, 1.165) is 14.7 Å². The van der Waals surface area contributed by atoms with Crippen molar-refractivity contribution in [2.24, 2.45) is 0 Å². The van der Waals surface area contributed by atoms with Crippen LogP contribution in [0.4, 0.5) is 0 Å². The number of hydrogen-bond acceptors (Lipinski definition) is 5. The molecule has 6 heteroatoms. The van der Waals surface area contributed by atoms with Crippen molar-refractivity contribution in [3.63, 3.8) is 0 Å². The van der Waals surface area contributed by atoms with E-state index in [4.69, 9.17) is 13.7 Å². The Morgan fingerprint density at radius 1 is 0.590 bits per heavy atom. The molecule has 4 aromatic carbocycles. The molecule has 0 saturated heterocycles. The van der Waals surface area contributed by atoms with Gasteiger partial charge in [0.25, 0.3) is 0 Å². The van der Waals surface area contributed by atoms with Gasteiger partial charge in [0.05, 0.1) is 0 Å². The quantitative estimate of drug-likeness (QED) is 0.252. The van der Waals surface area contributed by atoms with Gasteiger partial charge in [-0.2, -0.15) is 0 Å². The average molecular weight is 545 g/mol. The number of carbonyl (C=O) groups excluding carboxylic acids is 1. The molecule has 204 valence electrons. The molecular formula is C33H36O5S. The second-order valence-corrected chi connectivity index (χ2v) is 13.8. The summed E-state index contributed by atoms with van der Waals surface area (Å²) in [6.07, 6.45) is 0. The van der Waals surface area contributed by atoms with Crippen molar-refractivity contribution in [1.82, 2.24) is 0 Å². The molecule has 1 N–H and O–H groups in total. The molecule has 0 fully saturated rings. The molecule has 0 aromatic heterocycles. The fourth-order valence-electron chi connectivity index (χ4n) is 4.08. The van der Waals surface area contributed by atoms with Crippen LogP contribution in [0.1, 0.15) is 51.9 Å². The van der Waals surface area contributed by atoms with Crippen molar-refractivity contribution in [2.75, 3.05) is 0 Å². The number of para-hydroxylation sites is 1. The molecule has 5 nitrogen and oxygen atoms in total. The van der Waals surface area contributed by atoms with E-state index in [9.17, 15) is 9.90 Å². The number of benzene rings is 4. The van der Waals surface area contributed by atoms with Crippen LogP contribution in [-0.4, -0.2) is 22.3 Å². The van der Waals surface area contributed by atoms with Crippen LogP contribution in [0.3, 0.4) is 0 Å². The highest BCUT2D eigenvalue weighted by Crippen LogP contribution is 2.69. The monoisotopic (exact) mass is 544 g/mol. The topological polar surface area (TPSA) is 65.0 Å². The highest BCUT2D eigenvalue weighted by molar-refractivity contribution is 8.30. The number of phenols is 1. The number of carbonyl (C=O) groups is 1. The molecule has 39 heavy (non-hydrogen) atoms. The summed E-state index contributed by atoms with van der Waals surface area (Å²) in [6.45, 7) is 12.0. The highest BCUT2D eigenvalue weighted by atomic mass is 32.3. The van der Waals surface area contributed by atoms with Crippen LogP contribution in [0.5, 0.6) is 17.2 Å². The summed E-state index contributed by atoms with van der Waals surface area (Å²) in [5, 5.41) is 10.5. The van der Waals surface area contributed by atoms with Crippen molar-refractivity contribution in [3.8, 4) is 17.2 Å². The molecule has 0 spiro atoms. The van der Waals surface area contributed by atoms with Gasteiger partial charge in [0.2, 0.25) is 0 Å². The summed E-state index contributed by atoms with van der Waals surface area (Å²) < 4.78 is 18.7. The third-order valence-corrected chi connectivity index (χ3v) is 8.77. The normalized spacial score (nSPS) is 12.5. The second-order valence-electron chi connectivity index (χ2n) is 11.1. The predicted octanol–water partition coefficient (Wildman–Crippen LogP) is 8.80. The average Bonchev–Trinajstić information content (AvgIpc) is 2.87. The second kappa shape index (κ2) is 11.1. The Bertz CT molecular complexity index is 1340. The van der Waals surface area contributed by atoms with Gasteiger partial charge in [0.15, 0.2) is 0 Å². The number of aromatic hydroxyl groups is 1. The highest BCUT2D eigenvalue weighted by Gasteiger charge is 2.37. The van der Waals surface area contributed by atoms with Crippen molar-refractivity contribution < 1.29 is 23.6 Å². The van der Waals surface area contributed by atoms with Crippen LogP contribution in [0.2, 0.25) is 0 Å². The molecular weight excluding hydrogens is 508 g/mol. The predicted molar refractivity (Wildman–Crippen MR) is 156 cm³/mol. The maximum Gasteiger partial charge on any atom is 0.353 e. The number of phenolic OH excluding ortho intramolecular Hbond substituents is 1. The lowest BCUT2D eigenvalue weighted by Crippen LogP contribution is -2.23. The minimum atomic E-state index is -2.59. The van der Waals surface area contributed by atoms with Crippen LogP contribution in [0, 0.1) is 0 Å². The lowest BCUT2D eigenvalue weighted by Gasteiger charge is -2.40. The molecule has 0 saturated carbocycles. The van der Waals surface area contributed by atoms with Crippen LogP contribution >= 0.6 is 10.3 Å². The van der Waals surface area contributed by atoms with Gasteiger partial charge in [-0.15, -0.1) is 0 Å². The zero-order chi connectivity index (χ0) is 28.3. The van der Waals surface area contributed by atoms with Crippen LogP contribution < -0.4 is 9.47 Å². The maximum absolute atomic E-state index is 13.7. The first-order chi connectivity index (χ1) is 18.4. The standard InChI is InChI=1S/C33H36O5S/c1-32(2,3)36-24-16-20-27(21-17-24)39(26-12-8-7-9-13-26,38-31(35)29-14-10-11-15-30(29)34)28-22-18-25(19-23-28)37-33(4,5)6/h7-23,34H,1-6H3. The molecule has 0 bridgehead atoms. The third-order valence-electron chi connectivity index (χ3n) is 5.56. The zero-order valence-electron chi connectivity index (χ0n) is 23.3. The molecule has 0 aliphatic rings. The Morgan fingerprint density at radius 3 is 1.44 bits per heavy atom. The fourth-order valence-corrected chi connectivity index (χ4v) is 7.08. The molecule has 0 atom stereocenters. The van der Waals surface area contributed by atoms with Crippen molar-refractivity contribution >= 4 is 16.3 Å². The first-order valence-electron chi connectivity index (χ1n) is 12.9. The Morgan fingerprint density at radius 2 is 1.00 bits per heavy atom. The first kappa shape index (κ1) is 28.1. The molecule has 0 heterocycles. The smallest absolute Gasteiger partial charge is 0.353 e. The largest absolute Gasteiger partial charge is 0.507 e. The third kappa shape index (κ3) is 6.76. The maximum atomic E-state index is 13.7. The Hall–Kier alpha value is -3.90. The minimum absolute atomic E-state index is 0.102. The van der Waals surface area contributed by atoms with Gasteiger partial charge < -0.3 is 18.8 Å². The minimum Gasteiger partial charge on any atom is -0.507 e. The van der Waals surface area contributed by atoms with E-state index in [1.165, 1.54) is 6.07 Å². The lowest BCUT2D eigenvalue weighted by atomic mass is 10.2. The van der Waals surface area contributed by atoms with E-state index in [1.54, 1.807) is 18.2 Å². The van der Waals surface area contributed by atoms with Crippen molar-refractivity contribution in [3.05, 3.63) is 109 Å². The Labute approximate surface area is 232 Å². The van der Waals surface area contributed by atoms with Gasteiger partial charge in [0, 0.05) is 14.7 Å². The van der Waals surface area contributed by atoms with Crippen LogP contribution in [0.15, 0.2) is 118 Å². The van der Waals surface area contributed by atoms with Gasteiger partial charge in [0.1, 0.15) is 34.0 Å². The van der Waals surface area contributed by atoms with E-state index in [0.29, 0.717) is 11.5 Å². The summed E-state index contributed by atoms with van der Waals surface area (Å²) in [5.74, 6) is 0.686. The number of hydrogen-bond donors (Lipinski definition) is 1. The molecule has 0 radical (unpaired) electrons. The number of ether oxygens (including phenoxy) is 2. The van der Waals surface area contributed by atoms with Gasteiger partial charge in [-0.3, -0.25) is 0 Å². The molecule has 0 unspecified atom stereocenters. The van der Waals surface area contributed by atoms with Gasteiger partial charge in [-0.05, 0) is 125 Å². The van der Waals surface area contributed by atoms with E-state index in [-0.39, 0.29) is 22.5 Å². The molecule has 4 rings (SSSR count). The van der Waals surface area contributed by atoms with Gasteiger partial charge in [-0.25, -0.2) is 4.79 Å². The van der Waals surface area contributed by atoms with Crippen molar-refractivity contribution in [2.45, 2.75) is 67.4 Å². The van der Waals surface area contributed by atoms with Crippen molar-refractivity contribution in [1.29, 1.82) is 0 Å². The molecule has 0 aliphatic heterocycles. The summed E-state index contributed by atoms with van der Waals surface area (Å²) in [7, 11) is -2.59. The van der Waals surface area contributed by atoms with Crippen LogP contribution in [-0.2, 0) is 4.18 Å². The van der Waals surface area contributed by atoms with E-state index in [2.05, 4.69) is 0 Å². The summed E-state index contributed by atoms with van der Waals surface area (Å²) >= 11 is 0. The van der Waals surface area contributed by atoms with E-state index >= 15 is 0 Å². The summed E-state index contributed by atoms with van der Waals surface area (Å²) in [6, 6.07) is 31.5. The molecule has 0 amide bonds. The summed E-state index contributed by atoms with van der Waals surface area (Å²) in [4.78, 5) is 16.2. The van der Waals surface area contributed by atoms with E-state index in [1.807, 2.05) is 120 Å². The molecule has 4 aromatic rings. The Kier molecular flexibility index (Phi) is 7.98. The summed E-state index contributed by atoms with van der Waals surface area (Å²) in [5.41, 5.74) is -0.610. The Balaban J connectivity index is 1.91. The van der Waals surface area contributed by atoms with Gasteiger partial charge >= 0.3 is 5.97 Å². The van der Waals surface area contributed by atoms with Crippen LogP contribution in [0.25, 0.3) is 0 Å². The SMILES string of the molecule is CC(C)(C)Oc1ccc(S(OC(=O)c2ccccc2O)(c2ccccc2)c2ccc(OC(C)(C)C)cc2)cc1. The van der Waals surface area contributed by atoms with Gasteiger partial charge in [-0.1, -0.05) is 30.3 Å². The van der Waals surface area contributed by atoms with E-state index < -0.39 is 16.3 Å².